The van der Waals surface area contributed by atoms with E-state index in [1.165, 1.54) is 11.1 Å². The second-order valence-electron chi connectivity index (χ2n) is 4.78. The summed E-state index contributed by atoms with van der Waals surface area (Å²) in [6.07, 6.45) is 3.95. The fraction of sp³-hybridized carbons (Fsp3) is 0.250. The van der Waals surface area contributed by atoms with E-state index in [9.17, 15) is 5.26 Å². The molecule has 0 amide bonds. The van der Waals surface area contributed by atoms with Crippen LogP contribution in [-0.2, 0) is 13.0 Å². The van der Waals surface area contributed by atoms with Gasteiger partial charge in [-0.1, -0.05) is 24.3 Å². The van der Waals surface area contributed by atoms with Crippen LogP contribution >= 0.6 is 0 Å². The quantitative estimate of drug-likeness (QED) is 0.780. The summed E-state index contributed by atoms with van der Waals surface area (Å²) >= 11 is 0. The van der Waals surface area contributed by atoms with E-state index in [1.807, 2.05) is 12.1 Å². The normalized spacial score (nSPS) is 14.4. The summed E-state index contributed by atoms with van der Waals surface area (Å²) in [5.74, 6) is 0.807. The zero-order valence-corrected chi connectivity index (χ0v) is 10.7. The van der Waals surface area contributed by atoms with Crippen LogP contribution in [0.1, 0.15) is 23.1 Å². The number of hydrogen-bond donors (Lipinski definition) is 0. The number of nitrogens with zero attached hydrogens (tertiary/aromatic N) is 3. The topological polar surface area (TPSA) is 39.9 Å². The SMILES string of the molecule is N#Cc1cccnc1N1CCCc2ccccc2C1. The maximum atomic E-state index is 9.20. The molecule has 0 spiro atoms. The third kappa shape index (κ3) is 2.30. The molecule has 1 aromatic heterocycles. The number of pyridine rings is 1. The fourth-order valence-electron chi connectivity index (χ4n) is 2.62. The van der Waals surface area contributed by atoms with Crippen LogP contribution in [0.2, 0.25) is 0 Å². The highest BCUT2D eigenvalue weighted by molar-refractivity contribution is 5.54. The molecule has 1 aliphatic rings. The molecule has 3 rings (SSSR count). The van der Waals surface area contributed by atoms with Crippen LogP contribution in [-0.4, -0.2) is 11.5 Å². The number of rotatable bonds is 1. The molecule has 1 aromatic carbocycles. The highest BCUT2D eigenvalue weighted by Gasteiger charge is 2.17. The van der Waals surface area contributed by atoms with Gasteiger partial charge < -0.3 is 4.90 Å². The third-order valence-corrected chi connectivity index (χ3v) is 3.56. The van der Waals surface area contributed by atoms with E-state index < -0.39 is 0 Å². The summed E-state index contributed by atoms with van der Waals surface area (Å²) in [6, 6.07) is 14.4. The van der Waals surface area contributed by atoms with Crippen molar-refractivity contribution >= 4 is 5.82 Å². The smallest absolute Gasteiger partial charge is 0.146 e. The van der Waals surface area contributed by atoms with Crippen molar-refractivity contribution in [3.8, 4) is 6.07 Å². The molecule has 0 radical (unpaired) electrons. The molecule has 3 heteroatoms. The Labute approximate surface area is 113 Å². The Balaban J connectivity index is 1.97. The van der Waals surface area contributed by atoms with E-state index in [-0.39, 0.29) is 0 Å². The highest BCUT2D eigenvalue weighted by atomic mass is 15.2. The molecule has 3 nitrogen and oxygen atoms in total. The van der Waals surface area contributed by atoms with Crippen molar-refractivity contribution < 1.29 is 0 Å². The molecule has 0 aliphatic carbocycles. The molecule has 0 bridgehead atoms. The summed E-state index contributed by atoms with van der Waals surface area (Å²) in [5, 5.41) is 9.20. The zero-order valence-electron chi connectivity index (χ0n) is 10.7. The molecule has 0 saturated carbocycles. The number of fused-ring (bicyclic) bond motifs is 1. The molecule has 2 aromatic rings. The van der Waals surface area contributed by atoms with E-state index >= 15 is 0 Å². The van der Waals surface area contributed by atoms with Crippen LogP contribution in [0, 0.1) is 11.3 Å². The van der Waals surface area contributed by atoms with Crippen molar-refractivity contribution in [1.82, 2.24) is 4.98 Å². The molecule has 2 heterocycles. The van der Waals surface area contributed by atoms with Gasteiger partial charge in [-0.05, 0) is 36.1 Å². The maximum absolute atomic E-state index is 9.20. The van der Waals surface area contributed by atoms with Crippen LogP contribution in [0.5, 0.6) is 0 Å². The van der Waals surface area contributed by atoms with Crippen molar-refractivity contribution in [2.45, 2.75) is 19.4 Å². The van der Waals surface area contributed by atoms with Gasteiger partial charge >= 0.3 is 0 Å². The highest BCUT2D eigenvalue weighted by Crippen LogP contribution is 2.24. The van der Waals surface area contributed by atoms with Crippen molar-refractivity contribution in [2.24, 2.45) is 0 Å². The summed E-state index contributed by atoms with van der Waals surface area (Å²) in [7, 11) is 0. The van der Waals surface area contributed by atoms with Crippen LogP contribution in [0.4, 0.5) is 5.82 Å². The van der Waals surface area contributed by atoms with E-state index in [0.29, 0.717) is 5.56 Å². The Morgan fingerprint density at radius 1 is 1.11 bits per heavy atom. The molecule has 1 aliphatic heterocycles. The number of benzene rings is 1. The van der Waals surface area contributed by atoms with Crippen LogP contribution in [0.3, 0.4) is 0 Å². The lowest BCUT2D eigenvalue weighted by Crippen LogP contribution is -2.24. The number of nitriles is 1. The lowest BCUT2D eigenvalue weighted by atomic mass is 10.0. The number of aromatic nitrogens is 1. The minimum atomic E-state index is 0.655. The first-order valence-corrected chi connectivity index (χ1v) is 6.55. The Hall–Kier alpha value is -2.34. The van der Waals surface area contributed by atoms with Crippen LogP contribution < -0.4 is 4.90 Å². The van der Waals surface area contributed by atoms with E-state index in [4.69, 9.17) is 0 Å². The molecule has 0 fully saturated rings. The molecular formula is C16H15N3. The standard InChI is InChI=1S/C16H15N3/c17-11-14-7-3-9-18-16(14)19-10-4-8-13-5-1-2-6-15(13)12-19/h1-3,5-7,9H,4,8,10,12H2. The number of aryl methyl sites for hydroxylation is 1. The molecule has 0 unspecified atom stereocenters. The first-order chi connectivity index (χ1) is 9.38. The minimum absolute atomic E-state index is 0.655. The fourth-order valence-corrected chi connectivity index (χ4v) is 2.62. The monoisotopic (exact) mass is 249 g/mol. The van der Waals surface area contributed by atoms with Gasteiger partial charge in [-0.15, -0.1) is 0 Å². The molecule has 0 saturated heterocycles. The maximum Gasteiger partial charge on any atom is 0.146 e. The van der Waals surface area contributed by atoms with Gasteiger partial charge in [0, 0.05) is 19.3 Å². The largest absolute Gasteiger partial charge is 0.351 e. The van der Waals surface area contributed by atoms with Gasteiger partial charge in [0.15, 0.2) is 0 Å². The summed E-state index contributed by atoms with van der Waals surface area (Å²) < 4.78 is 0. The second kappa shape index (κ2) is 5.11. The predicted octanol–water partition coefficient (Wildman–Crippen LogP) is 2.91. The van der Waals surface area contributed by atoms with Crippen LogP contribution in [0.15, 0.2) is 42.6 Å². The third-order valence-electron chi connectivity index (χ3n) is 3.56. The van der Waals surface area contributed by atoms with Gasteiger partial charge in [-0.25, -0.2) is 4.98 Å². The summed E-state index contributed by atoms with van der Waals surface area (Å²) in [6.45, 7) is 1.78. The molecule has 0 atom stereocenters. The Morgan fingerprint density at radius 3 is 2.79 bits per heavy atom. The number of hydrogen-bond acceptors (Lipinski definition) is 3. The first-order valence-electron chi connectivity index (χ1n) is 6.55. The zero-order chi connectivity index (χ0) is 13.1. The minimum Gasteiger partial charge on any atom is -0.351 e. The van der Waals surface area contributed by atoms with Gasteiger partial charge in [-0.3, -0.25) is 0 Å². The lowest BCUT2D eigenvalue weighted by molar-refractivity contribution is 0.753. The average Bonchev–Trinajstić information content (AvgIpc) is 2.69. The Bertz CT molecular complexity index is 628. The molecule has 0 N–H and O–H groups in total. The summed E-state index contributed by atoms with van der Waals surface area (Å²) in [4.78, 5) is 6.60. The van der Waals surface area contributed by atoms with Gasteiger partial charge in [0.2, 0.25) is 0 Å². The van der Waals surface area contributed by atoms with Gasteiger partial charge in [-0.2, -0.15) is 5.26 Å². The van der Waals surface area contributed by atoms with E-state index in [2.05, 4.69) is 40.2 Å². The van der Waals surface area contributed by atoms with Gasteiger partial charge in [0.25, 0.3) is 0 Å². The molecule has 94 valence electrons. The lowest BCUT2D eigenvalue weighted by Gasteiger charge is -2.22. The first kappa shape index (κ1) is 11.7. The summed E-state index contributed by atoms with van der Waals surface area (Å²) in [5.41, 5.74) is 3.41. The van der Waals surface area contributed by atoms with Crippen LogP contribution in [0.25, 0.3) is 0 Å². The van der Waals surface area contributed by atoms with E-state index in [0.717, 1.165) is 31.7 Å². The van der Waals surface area contributed by atoms with Crippen molar-refractivity contribution in [1.29, 1.82) is 5.26 Å². The average molecular weight is 249 g/mol. The second-order valence-corrected chi connectivity index (χ2v) is 4.78. The van der Waals surface area contributed by atoms with Gasteiger partial charge in [0.1, 0.15) is 11.9 Å². The molecular weight excluding hydrogens is 234 g/mol. The van der Waals surface area contributed by atoms with Gasteiger partial charge in [0.05, 0.1) is 5.56 Å². The predicted molar refractivity (Wildman–Crippen MR) is 74.8 cm³/mol. The number of anilines is 1. The van der Waals surface area contributed by atoms with Crippen molar-refractivity contribution in [3.63, 3.8) is 0 Å². The Morgan fingerprint density at radius 2 is 1.95 bits per heavy atom. The van der Waals surface area contributed by atoms with E-state index in [1.54, 1.807) is 6.20 Å². The van der Waals surface area contributed by atoms with Crippen molar-refractivity contribution in [2.75, 3.05) is 11.4 Å². The van der Waals surface area contributed by atoms with Crippen molar-refractivity contribution in [3.05, 3.63) is 59.3 Å². The Kier molecular flexibility index (Phi) is 3.16. The molecule has 19 heavy (non-hydrogen) atoms.